The number of nitrogens with zero attached hydrogens (tertiary/aromatic N) is 4. The Kier molecular flexibility index (Phi) is 19.3. The molecule has 77 heavy (non-hydrogen) atoms. The molecule has 3 aliphatic heterocycles. The van der Waals surface area contributed by atoms with Gasteiger partial charge in [-0.2, -0.15) is 10.2 Å². The number of carbonyl (C=O) groups excluding carboxylic acids is 7. The third-order valence-corrected chi connectivity index (χ3v) is 15.1. The van der Waals surface area contributed by atoms with Crippen LogP contribution in [0.5, 0.6) is 17.2 Å². The third-order valence-electron chi connectivity index (χ3n) is 15.1. The van der Waals surface area contributed by atoms with E-state index in [9.17, 15) is 33.6 Å². The topological polar surface area (TPSA) is 200 Å². The number of hydrogen-bond acceptors (Lipinski definition) is 13. The van der Waals surface area contributed by atoms with Crippen molar-refractivity contribution in [3.63, 3.8) is 0 Å². The van der Waals surface area contributed by atoms with Gasteiger partial charge < -0.3 is 34.1 Å². The quantitative estimate of drug-likeness (QED) is 0.0287. The van der Waals surface area contributed by atoms with E-state index in [0.29, 0.717) is 127 Å². The lowest BCUT2D eigenvalue weighted by molar-refractivity contribution is -0.164. The third kappa shape index (κ3) is 14.5. The first-order valence-corrected chi connectivity index (χ1v) is 26.9. The van der Waals surface area contributed by atoms with Crippen LogP contribution < -0.4 is 19.5 Å². The second-order valence-corrected chi connectivity index (χ2v) is 21.1. The molecule has 408 valence electrons. The summed E-state index contributed by atoms with van der Waals surface area (Å²) in [7, 11) is 1.50. The lowest BCUT2D eigenvalue weighted by atomic mass is 9.84. The summed E-state index contributed by atoms with van der Waals surface area (Å²) in [5, 5.41) is 11.7. The number of nitrogens with one attached hydrogen (secondary N) is 1. The van der Waals surface area contributed by atoms with Gasteiger partial charge in [-0.25, -0.2) is 4.79 Å². The molecule has 0 saturated carbocycles. The van der Waals surface area contributed by atoms with Crippen molar-refractivity contribution < 1.29 is 52.5 Å². The highest BCUT2D eigenvalue weighted by Crippen LogP contribution is 2.39. The van der Waals surface area contributed by atoms with Gasteiger partial charge in [0.05, 0.1) is 18.5 Å². The predicted molar refractivity (Wildman–Crippen MR) is 291 cm³/mol. The lowest BCUT2D eigenvalue weighted by Gasteiger charge is -2.36. The van der Waals surface area contributed by atoms with Gasteiger partial charge in [0, 0.05) is 54.2 Å². The van der Waals surface area contributed by atoms with Crippen molar-refractivity contribution in [2.24, 2.45) is 15.6 Å². The van der Waals surface area contributed by atoms with Gasteiger partial charge in [0.1, 0.15) is 37.2 Å². The largest absolute Gasteiger partial charge is 0.493 e. The molecule has 2 fully saturated rings. The minimum Gasteiger partial charge on any atom is -0.493 e. The maximum atomic E-state index is 14.0. The summed E-state index contributed by atoms with van der Waals surface area (Å²) in [6.07, 6.45) is 6.13. The zero-order chi connectivity index (χ0) is 55.4. The van der Waals surface area contributed by atoms with Gasteiger partial charge in [0.2, 0.25) is 11.7 Å². The fraction of sp³-hybridized carbons (Fsp3) is 0.459. The normalized spacial score (nSPS) is 16.9. The number of likely N-dealkylation sites (tertiary alicyclic amines) is 1. The van der Waals surface area contributed by atoms with Crippen molar-refractivity contribution in [1.29, 1.82) is 0 Å². The summed E-state index contributed by atoms with van der Waals surface area (Å²) in [5.74, 6) is -1.14. The SMILES string of the molecule is C=C1CCC(N2Cc3c(N=Nc4cc(C)c(OCC(=O)CCCCCC(=O)COc5cccc([C@@H](CCc6ccc(C)c(C)c6)OC(=O)[C@@H]6CCCCN6C(=O)C(=O)C(C)(C)CC)c5)c(OC)c4)cccc3C2=O)C(=O)N1. The van der Waals surface area contributed by atoms with E-state index in [0.717, 1.165) is 17.5 Å². The standard InChI is InChI=1S/C61H73N5O11/c1-9-61(6,7)56(69)59(72)65-30-14-13-23-52(65)60(73)77-53(29-27-42-26-24-38(2)39(3)31-42)43-17-15-20-47(33-43)75-36-45(67)18-11-10-12-19-46(68)37-76-55-40(4)32-44(34-54(55)74-8)63-64-50-22-16-21-48-49(50)35-66(58(48)71)51-28-25-41(5)62-57(51)70/h15-17,20-22,24,26,31-34,51-53H,5,9-14,18-19,23,25,27-30,35-37H2,1-4,6-8H3,(H,62,70)/t51?,52-,53+/m0/s1. The van der Waals surface area contributed by atoms with Crippen LogP contribution in [0.15, 0.2) is 95.3 Å². The van der Waals surface area contributed by atoms with Gasteiger partial charge in [0.15, 0.2) is 23.1 Å². The van der Waals surface area contributed by atoms with Crippen LogP contribution in [0.2, 0.25) is 0 Å². The van der Waals surface area contributed by atoms with Crippen molar-refractivity contribution >= 4 is 52.4 Å². The zero-order valence-electron chi connectivity index (χ0n) is 45.7. The number of azo groups is 1. The number of methoxy groups -OCH3 is 1. The number of benzene rings is 4. The molecule has 16 nitrogen and oxygen atoms in total. The van der Waals surface area contributed by atoms with Gasteiger partial charge in [-0.05, 0) is 143 Å². The Balaban J connectivity index is 0.874. The van der Waals surface area contributed by atoms with Crippen LogP contribution in [0.3, 0.4) is 0 Å². The van der Waals surface area contributed by atoms with E-state index in [4.69, 9.17) is 18.9 Å². The first-order chi connectivity index (χ1) is 36.9. The van der Waals surface area contributed by atoms with E-state index < -0.39 is 41.3 Å². The van der Waals surface area contributed by atoms with E-state index in [1.807, 2.05) is 19.9 Å². The van der Waals surface area contributed by atoms with E-state index in [1.54, 1.807) is 67.3 Å². The van der Waals surface area contributed by atoms with E-state index in [-0.39, 0.29) is 56.0 Å². The number of ether oxygens (including phenoxy) is 4. The van der Waals surface area contributed by atoms with Gasteiger partial charge in [0.25, 0.3) is 11.8 Å². The number of ketones is 3. The fourth-order valence-corrected chi connectivity index (χ4v) is 9.83. The predicted octanol–water partition coefficient (Wildman–Crippen LogP) is 10.9. The molecular formula is C61H73N5O11. The summed E-state index contributed by atoms with van der Waals surface area (Å²) in [4.78, 5) is 95.8. The first kappa shape index (κ1) is 57.2. The lowest BCUT2D eigenvalue weighted by Crippen LogP contribution is -2.53. The Hall–Kier alpha value is -7.49. The van der Waals surface area contributed by atoms with Crippen molar-refractivity contribution in [2.75, 3.05) is 26.9 Å². The average Bonchev–Trinajstić information content (AvgIpc) is 3.78. The molecule has 1 unspecified atom stereocenters. The smallest absolute Gasteiger partial charge is 0.329 e. The molecule has 4 aromatic carbocycles. The van der Waals surface area contributed by atoms with Crippen LogP contribution in [-0.4, -0.2) is 89.8 Å². The number of Topliss-reactive ketones (excluding diaryl/α,β-unsaturated/α-hetero) is 3. The summed E-state index contributed by atoms with van der Waals surface area (Å²) in [5.41, 5.74) is 6.77. The highest BCUT2D eigenvalue weighted by atomic mass is 16.5. The van der Waals surface area contributed by atoms with Crippen LogP contribution >= 0.6 is 0 Å². The summed E-state index contributed by atoms with van der Waals surface area (Å²) in [6, 6.07) is 20.6. The summed E-state index contributed by atoms with van der Waals surface area (Å²) < 4.78 is 23.8. The number of piperidine rings is 2. The number of rotatable bonds is 25. The van der Waals surface area contributed by atoms with Gasteiger partial charge >= 0.3 is 5.97 Å². The molecule has 0 radical (unpaired) electrons. The maximum absolute atomic E-state index is 14.0. The van der Waals surface area contributed by atoms with E-state index >= 15 is 0 Å². The van der Waals surface area contributed by atoms with Crippen LogP contribution in [0.4, 0.5) is 11.4 Å². The Bertz CT molecular complexity index is 2930. The molecule has 0 aliphatic carbocycles. The fourth-order valence-electron chi connectivity index (χ4n) is 9.83. The average molecular weight is 1050 g/mol. The summed E-state index contributed by atoms with van der Waals surface area (Å²) >= 11 is 0. The molecule has 4 aromatic rings. The number of fused-ring (bicyclic) bond motifs is 1. The van der Waals surface area contributed by atoms with Crippen molar-refractivity contribution in [2.45, 2.75) is 150 Å². The second kappa shape index (κ2) is 26.0. The van der Waals surface area contributed by atoms with E-state index in [2.05, 4.69) is 54.2 Å². The van der Waals surface area contributed by atoms with Crippen molar-refractivity contribution in [3.8, 4) is 17.2 Å². The van der Waals surface area contributed by atoms with Crippen LogP contribution in [-0.2, 0) is 46.5 Å². The van der Waals surface area contributed by atoms with Crippen LogP contribution in [0.1, 0.15) is 148 Å². The van der Waals surface area contributed by atoms with E-state index in [1.165, 1.54) is 17.6 Å². The molecule has 7 rings (SSSR count). The zero-order valence-corrected chi connectivity index (χ0v) is 45.7. The van der Waals surface area contributed by atoms with Crippen LogP contribution in [0.25, 0.3) is 0 Å². The summed E-state index contributed by atoms with van der Waals surface area (Å²) in [6.45, 7) is 15.4. The number of amides is 3. The number of allylic oxidation sites excluding steroid dienone is 1. The highest BCUT2D eigenvalue weighted by Gasteiger charge is 2.42. The molecule has 16 heteroatoms. The molecule has 1 N–H and O–H groups in total. The van der Waals surface area contributed by atoms with Gasteiger partial charge in [-0.1, -0.05) is 70.2 Å². The molecule has 0 aromatic heterocycles. The molecule has 3 amide bonds. The Morgan fingerprint density at radius 3 is 2.29 bits per heavy atom. The molecule has 0 bridgehead atoms. The minimum absolute atomic E-state index is 0.0945. The monoisotopic (exact) mass is 1050 g/mol. The number of esters is 1. The van der Waals surface area contributed by atoms with Crippen molar-refractivity contribution in [1.82, 2.24) is 15.1 Å². The Morgan fingerprint density at radius 1 is 0.831 bits per heavy atom. The molecule has 3 aliphatic rings. The second-order valence-electron chi connectivity index (χ2n) is 21.1. The molecule has 3 atom stereocenters. The Labute approximate surface area is 451 Å². The van der Waals surface area contributed by atoms with Crippen LogP contribution in [0, 0.1) is 26.2 Å². The molecular weight excluding hydrogens is 979 g/mol. The van der Waals surface area contributed by atoms with Gasteiger partial charge in [-0.3, -0.25) is 28.8 Å². The highest BCUT2D eigenvalue weighted by molar-refractivity contribution is 6.38. The molecule has 0 spiro atoms. The Morgan fingerprint density at radius 2 is 1.57 bits per heavy atom. The molecule has 2 saturated heterocycles. The number of carbonyl (C=O) groups is 7. The maximum Gasteiger partial charge on any atom is 0.329 e. The minimum atomic E-state index is -0.876. The number of hydrogen-bond donors (Lipinski definition) is 1. The number of unbranched alkanes of at least 4 members (excludes halogenated alkanes) is 2. The van der Waals surface area contributed by atoms with Crippen molar-refractivity contribution in [3.05, 3.63) is 124 Å². The molecule has 3 heterocycles. The first-order valence-electron chi connectivity index (χ1n) is 26.9. The number of aryl methyl sites for hydroxylation is 4. The van der Waals surface area contributed by atoms with Gasteiger partial charge in [-0.15, -0.1) is 0 Å².